The van der Waals surface area contributed by atoms with Crippen molar-refractivity contribution in [2.24, 2.45) is 0 Å². The molecule has 0 saturated carbocycles. The van der Waals surface area contributed by atoms with Gasteiger partial charge in [0.05, 0.1) is 10.7 Å². The van der Waals surface area contributed by atoms with Crippen LogP contribution in [-0.2, 0) is 10.0 Å². The van der Waals surface area contributed by atoms with E-state index in [1.165, 1.54) is 17.4 Å². The van der Waals surface area contributed by atoms with Crippen molar-refractivity contribution in [3.8, 4) is 11.3 Å². The molecule has 0 aliphatic rings. The molecule has 0 saturated heterocycles. The zero-order chi connectivity index (χ0) is 16.4. The fraction of sp³-hybridized carbons (Fsp3) is 0. The third kappa shape index (κ3) is 3.64. The minimum atomic E-state index is -3.83. The van der Waals surface area contributed by atoms with Crippen LogP contribution >= 0.6 is 34.5 Å². The highest BCUT2D eigenvalue weighted by molar-refractivity contribution is 7.93. The molecule has 0 unspecified atom stereocenters. The van der Waals surface area contributed by atoms with Gasteiger partial charge in [-0.15, -0.1) is 11.3 Å². The minimum absolute atomic E-state index is 0.0474. The summed E-state index contributed by atoms with van der Waals surface area (Å²) in [6.45, 7) is 0. The highest BCUT2D eigenvalue weighted by Gasteiger charge is 2.18. The van der Waals surface area contributed by atoms with Crippen molar-refractivity contribution in [2.45, 2.75) is 4.90 Å². The number of hydrogen-bond donors (Lipinski definition) is 1. The molecular formula is C14H9Cl2N3O2S2. The standard InChI is InChI=1S/C14H9Cl2N3O2S2/c15-11-6-10(7-17-13(11)16)23(20,21)19-14-18-12(8-22-14)9-4-2-1-3-5-9/h1-8H,(H,18,19). The van der Waals surface area contributed by atoms with Gasteiger partial charge < -0.3 is 0 Å². The second-order valence-electron chi connectivity index (χ2n) is 4.45. The smallest absolute Gasteiger partial charge is 0.255 e. The first-order valence-corrected chi connectivity index (χ1v) is 9.42. The number of nitrogens with one attached hydrogen (secondary N) is 1. The number of nitrogens with zero attached hydrogens (tertiary/aromatic N) is 2. The van der Waals surface area contributed by atoms with E-state index in [-0.39, 0.29) is 20.2 Å². The van der Waals surface area contributed by atoms with E-state index in [2.05, 4.69) is 14.7 Å². The zero-order valence-electron chi connectivity index (χ0n) is 11.4. The molecule has 118 valence electrons. The predicted octanol–water partition coefficient (Wildman–Crippen LogP) is 4.31. The van der Waals surface area contributed by atoms with Gasteiger partial charge in [-0.05, 0) is 6.07 Å². The Balaban J connectivity index is 1.86. The van der Waals surface area contributed by atoms with Crippen molar-refractivity contribution >= 4 is 49.7 Å². The predicted molar refractivity (Wildman–Crippen MR) is 92.6 cm³/mol. The third-order valence-electron chi connectivity index (χ3n) is 2.88. The molecule has 0 spiro atoms. The maximum Gasteiger partial charge on any atom is 0.265 e. The van der Waals surface area contributed by atoms with Crippen molar-refractivity contribution in [2.75, 3.05) is 4.72 Å². The molecular weight excluding hydrogens is 377 g/mol. The Bertz CT molecular complexity index is 944. The lowest BCUT2D eigenvalue weighted by molar-refractivity contribution is 0.601. The SMILES string of the molecule is O=S(=O)(Nc1nc(-c2ccccc2)cs1)c1cnc(Cl)c(Cl)c1. The van der Waals surface area contributed by atoms with Crippen molar-refractivity contribution < 1.29 is 8.42 Å². The van der Waals surface area contributed by atoms with E-state index in [1.807, 2.05) is 30.3 Å². The van der Waals surface area contributed by atoms with Gasteiger partial charge in [0, 0.05) is 17.1 Å². The number of rotatable bonds is 4. The first kappa shape index (κ1) is 16.2. The molecule has 5 nitrogen and oxygen atoms in total. The summed E-state index contributed by atoms with van der Waals surface area (Å²) in [7, 11) is -3.83. The van der Waals surface area contributed by atoms with Crippen LogP contribution in [0.3, 0.4) is 0 Å². The average Bonchev–Trinajstić information content (AvgIpc) is 2.98. The number of sulfonamides is 1. The molecule has 0 amide bonds. The topological polar surface area (TPSA) is 72.0 Å². The van der Waals surface area contributed by atoms with Gasteiger partial charge in [0.25, 0.3) is 10.0 Å². The number of pyridine rings is 1. The van der Waals surface area contributed by atoms with Gasteiger partial charge >= 0.3 is 0 Å². The molecule has 0 fully saturated rings. The molecule has 0 aliphatic heterocycles. The summed E-state index contributed by atoms with van der Waals surface area (Å²) in [5.74, 6) is 0. The first-order valence-electron chi connectivity index (χ1n) is 6.30. The van der Waals surface area contributed by atoms with Crippen molar-refractivity contribution in [1.82, 2.24) is 9.97 Å². The van der Waals surface area contributed by atoms with Crippen LogP contribution < -0.4 is 4.72 Å². The molecule has 23 heavy (non-hydrogen) atoms. The Hall–Kier alpha value is -1.67. The normalized spacial score (nSPS) is 11.4. The highest BCUT2D eigenvalue weighted by Crippen LogP contribution is 2.27. The van der Waals surface area contributed by atoms with E-state index < -0.39 is 10.0 Å². The number of anilines is 1. The molecule has 2 aromatic heterocycles. The second kappa shape index (κ2) is 6.45. The summed E-state index contributed by atoms with van der Waals surface area (Å²) < 4.78 is 27.1. The van der Waals surface area contributed by atoms with Gasteiger partial charge in [-0.25, -0.2) is 18.4 Å². The molecule has 0 aliphatic carbocycles. The van der Waals surface area contributed by atoms with E-state index in [9.17, 15) is 8.42 Å². The van der Waals surface area contributed by atoms with Gasteiger partial charge in [0.15, 0.2) is 5.13 Å². The van der Waals surface area contributed by atoms with E-state index in [1.54, 1.807) is 5.38 Å². The minimum Gasteiger partial charge on any atom is -0.255 e. The van der Waals surface area contributed by atoms with Crippen molar-refractivity contribution in [1.29, 1.82) is 0 Å². The molecule has 1 aromatic carbocycles. The molecule has 3 aromatic rings. The second-order valence-corrected chi connectivity index (χ2v) is 7.76. The summed E-state index contributed by atoms with van der Waals surface area (Å²) in [6, 6.07) is 10.7. The highest BCUT2D eigenvalue weighted by atomic mass is 35.5. The van der Waals surface area contributed by atoms with E-state index in [0.717, 1.165) is 11.8 Å². The molecule has 0 bridgehead atoms. The summed E-state index contributed by atoms with van der Waals surface area (Å²) >= 11 is 12.7. The van der Waals surface area contributed by atoms with Crippen LogP contribution in [0.1, 0.15) is 0 Å². The van der Waals surface area contributed by atoms with Crippen LogP contribution in [0.15, 0.2) is 52.9 Å². The first-order chi connectivity index (χ1) is 11.0. The third-order valence-corrected chi connectivity index (χ3v) is 5.76. The maximum absolute atomic E-state index is 12.3. The number of aromatic nitrogens is 2. The molecule has 1 N–H and O–H groups in total. The fourth-order valence-corrected chi connectivity index (χ4v) is 4.06. The molecule has 0 radical (unpaired) electrons. The van der Waals surface area contributed by atoms with Crippen LogP contribution in [0, 0.1) is 0 Å². The van der Waals surface area contributed by atoms with E-state index >= 15 is 0 Å². The number of hydrogen-bond acceptors (Lipinski definition) is 5. The summed E-state index contributed by atoms with van der Waals surface area (Å²) in [5, 5.41) is 2.15. The molecule has 0 atom stereocenters. The van der Waals surface area contributed by atoms with Crippen LogP contribution in [0.2, 0.25) is 10.2 Å². The Morgan fingerprint density at radius 2 is 1.87 bits per heavy atom. The Morgan fingerprint density at radius 1 is 1.13 bits per heavy atom. The summed E-state index contributed by atoms with van der Waals surface area (Å²) in [6.07, 6.45) is 1.14. The van der Waals surface area contributed by atoms with Crippen LogP contribution in [0.5, 0.6) is 0 Å². The molecule has 9 heteroatoms. The average molecular weight is 386 g/mol. The van der Waals surface area contributed by atoms with Gasteiger partial charge in [-0.1, -0.05) is 53.5 Å². The van der Waals surface area contributed by atoms with Gasteiger partial charge in [-0.3, -0.25) is 4.72 Å². The quantitative estimate of drug-likeness (QED) is 0.678. The number of benzene rings is 1. The number of halogens is 2. The fourth-order valence-electron chi connectivity index (χ4n) is 1.79. The number of thiazole rings is 1. The Morgan fingerprint density at radius 3 is 2.57 bits per heavy atom. The van der Waals surface area contributed by atoms with E-state index in [0.29, 0.717) is 5.69 Å². The summed E-state index contributed by atoms with van der Waals surface area (Å²) in [5.41, 5.74) is 1.60. The Kier molecular flexibility index (Phi) is 4.54. The van der Waals surface area contributed by atoms with Crippen LogP contribution in [0.25, 0.3) is 11.3 Å². The van der Waals surface area contributed by atoms with Crippen molar-refractivity contribution in [3.05, 3.63) is 58.2 Å². The maximum atomic E-state index is 12.3. The van der Waals surface area contributed by atoms with E-state index in [4.69, 9.17) is 23.2 Å². The lowest BCUT2D eigenvalue weighted by Gasteiger charge is -2.05. The lowest BCUT2D eigenvalue weighted by Crippen LogP contribution is -2.13. The zero-order valence-corrected chi connectivity index (χ0v) is 14.5. The monoisotopic (exact) mass is 385 g/mol. The molecule has 2 heterocycles. The molecule has 3 rings (SSSR count). The van der Waals surface area contributed by atoms with Gasteiger partial charge in [0.2, 0.25) is 0 Å². The van der Waals surface area contributed by atoms with Crippen LogP contribution in [-0.4, -0.2) is 18.4 Å². The largest absolute Gasteiger partial charge is 0.265 e. The van der Waals surface area contributed by atoms with Gasteiger partial charge in [-0.2, -0.15) is 0 Å². The lowest BCUT2D eigenvalue weighted by atomic mass is 10.2. The van der Waals surface area contributed by atoms with Crippen LogP contribution in [0.4, 0.5) is 5.13 Å². The Labute approximate surface area is 147 Å². The van der Waals surface area contributed by atoms with Crippen molar-refractivity contribution in [3.63, 3.8) is 0 Å². The van der Waals surface area contributed by atoms with Gasteiger partial charge in [0.1, 0.15) is 10.0 Å². The summed E-state index contributed by atoms with van der Waals surface area (Å²) in [4.78, 5) is 7.94.